The lowest BCUT2D eigenvalue weighted by atomic mass is 10.1. The Morgan fingerprint density at radius 2 is 1.79 bits per heavy atom. The molecule has 2 rings (SSSR count). The van der Waals surface area contributed by atoms with Crippen LogP contribution in [-0.2, 0) is 11.2 Å². The van der Waals surface area contributed by atoms with Crippen LogP contribution in [0.4, 0.5) is 10.1 Å². The maximum absolute atomic E-state index is 13.6. The molecule has 24 heavy (non-hydrogen) atoms. The second kappa shape index (κ2) is 8.34. The van der Waals surface area contributed by atoms with Crippen LogP contribution in [0.2, 0.25) is 0 Å². The monoisotopic (exact) mass is 331 g/mol. The SMILES string of the molecule is COc1ccc(N(C)C(=O)CCCc2ccccc2F)cc1OC. The fourth-order valence-electron chi connectivity index (χ4n) is 2.48. The lowest BCUT2D eigenvalue weighted by Crippen LogP contribution is -2.26. The highest BCUT2D eigenvalue weighted by Crippen LogP contribution is 2.31. The number of rotatable bonds is 7. The van der Waals surface area contributed by atoms with Crippen LogP contribution in [0.25, 0.3) is 0 Å². The predicted molar refractivity (Wildman–Crippen MR) is 92.3 cm³/mol. The summed E-state index contributed by atoms with van der Waals surface area (Å²) in [4.78, 5) is 13.9. The highest BCUT2D eigenvalue weighted by atomic mass is 19.1. The summed E-state index contributed by atoms with van der Waals surface area (Å²) in [5.74, 6) is 0.930. The summed E-state index contributed by atoms with van der Waals surface area (Å²) in [6.07, 6.45) is 1.48. The molecular weight excluding hydrogens is 309 g/mol. The molecule has 0 atom stereocenters. The molecular formula is C19H22FNO3. The van der Waals surface area contributed by atoms with Gasteiger partial charge in [0.1, 0.15) is 5.82 Å². The van der Waals surface area contributed by atoms with E-state index >= 15 is 0 Å². The lowest BCUT2D eigenvalue weighted by Gasteiger charge is -2.19. The Balaban J connectivity index is 1.96. The number of ether oxygens (including phenoxy) is 2. The van der Waals surface area contributed by atoms with Gasteiger partial charge >= 0.3 is 0 Å². The van der Waals surface area contributed by atoms with Crippen molar-refractivity contribution in [1.82, 2.24) is 0 Å². The van der Waals surface area contributed by atoms with Gasteiger partial charge in [-0.1, -0.05) is 18.2 Å². The molecule has 128 valence electrons. The zero-order valence-corrected chi connectivity index (χ0v) is 14.2. The molecule has 0 saturated heterocycles. The molecule has 0 aliphatic heterocycles. The second-order valence-corrected chi connectivity index (χ2v) is 5.44. The van der Waals surface area contributed by atoms with Crippen molar-refractivity contribution in [3.63, 3.8) is 0 Å². The number of halogens is 1. The number of methoxy groups -OCH3 is 2. The quantitative estimate of drug-likeness (QED) is 0.774. The van der Waals surface area contributed by atoms with E-state index in [4.69, 9.17) is 9.47 Å². The van der Waals surface area contributed by atoms with Crippen molar-refractivity contribution >= 4 is 11.6 Å². The fourth-order valence-corrected chi connectivity index (χ4v) is 2.48. The Morgan fingerprint density at radius 3 is 2.46 bits per heavy atom. The smallest absolute Gasteiger partial charge is 0.226 e. The van der Waals surface area contributed by atoms with E-state index in [1.807, 2.05) is 0 Å². The number of anilines is 1. The Kier molecular flexibility index (Phi) is 6.18. The standard InChI is InChI=1S/C19H22FNO3/c1-21(15-11-12-17(23-2)18(13-15)24-3)19(22)10-6-8-14-7-4-5-9-16(14)20/h4-5,7,9,11-13H,6,8,10H2,1-3H3. The summed E-state index contributed by atoms with van der Waals surface area (Å²) in [6, 6.07) is 12.0. The van der Waals surface area contributed by atoms with Crippen LogP contribution in [0, 0.1) is 5.82 Å². The average molecular weight is 331 g/mol. The molecule has 0 N–H and O–H groups in total. The van der Waals surface area contributed by atoms with Crippen LogP contribution in [-0.4, -0.2) is 27.2 Å². The van der Waals surface area contributed by atoms with Gasteiger partial charge in [0.15, 0.2) is 11.5 Å². The number of nitrogens with zero attached hydrogens (tertiary/aromatic N) is 1. The Labute approximate surface area is 141 Å². The third-order valence-corrected chi connectivity index (χ3v) is 3.92. The van der Waals surface area contributed by atoms with Gasteiger partial charge in [-0.15, -0.1) is 0 Å². The number of hydrogen-bond donors (Lipinski definition) is 0. The fraction of sp³-hybridized carbons (Fsp3) is 0.316. The molecule has 4 nitrogen and oxygen atoms in total. The van der Waals surface area contributed by atoms with E-state index in [0.29, 0.717) is 36.3 Å². The third-order valence-electron chi connectivity index (χ3n) is 3.92. The summed E-state index contributed by atoms with van der Waals surface area (Å²) in [7, 11) is 4.83. The maximum atomic E-state index is 13.6. The van der Waals surface area contributed by atoms with Crippen molar-refractivity contribution in [2.45, 2.75) is 19.3 Å². The Morgan fingerprint density at radius 1 is 1.08 bits per heavy atom. The first kappa shape index (κ1) is 17.8. The van der Waals surface area contributed by atoms with Crippen LogP contribution in [0.5, 0.6) is 11.5 Å². The first-order valence-corrected chi connectivity index (χ1v) is 7.78. The molecule has 0 aromatic heterocycles. The molecule has 0 aliphatic carbocycles. The molecule has 0 fully saturated rings. The van der Waals surface area contributed by atoms with Crippen molar-refractivity contribution in [3.05, 3.63) is 53.8 Å². The van der Waals surface area contributed by atoms with E-state index in [0.717, 1.165) is 5.69 Å². The van der Waals surface area contributed by atoms with Gasteiger partial charge in [-0.05, 0) is 36.6 Å². The molecule has 0 aliphatic rings. The molecule has 0 heterocycles. The van der Waals surface area contributed by atoms with Crippen LogP contribution in [0.3, 0.4) is 0 Å². The van der Waals surface area contributed by atoms with Crippen molar-refractivity contribution in [3.8, 4) is 11.5 Å². The van der Waals surface area contributed by atoms with Gasteiger partial charge in [0.05, 0.1) is 14.2 Å². The molecule has 0 unspecified atom stereocenters. The van der Waals surface area contributed by atoms with Gasteiger partial charge in [-0.3, -0.25) is 4.79 Å². The molecule has 0 saturated carbocycles. The zero-order chi connectivity index (χ0) is 17.5. The van der Waals surface area contributed by atoms with Crippen molar-refractivity contribution in [1.29, 1.82) is 0 Å². The lowest BCUT2D eigenvalue weighted by molar-refractivity contribution is -0.118. The minimum absolute atomic E-state index is 0.0291. The summed E-state index contributed by atoms with van der Waals surface area (Å²) in [5.41, 5.74) is 1.36. The second-order valence-electron chi connectivity index (χ2n) is 5.44. The first-order chi connectivity index (χ1) is 11.6. The average Bonchev–Trinajstić information content (AvgIpc) is 2.61. The normalized spacial score (nSPS) is 10.3. The maximum Gasteiger partial charge on any atom is 0.226 e. The zero-order valence-electron chi connectivity index (χ0n) is 14.2. The topological polar surface area (TPSA) is 38.8 Å². The predicted octanol–water partition coefficient (Wildman–Crippen LogP) is 3.83. The van der Waals surface area contributed by atoms with E-state index in [-0.39, 0.29) is 11.7 Å². The van der Waals surface area contributed by atoms with Gasteiger partial charge < -0.3 is 14.4 Å². The van der Waals surface area contributed by atoms with E-state index in [2.05, 4.69) is 0 Å². The summed E-state index contributed by atoms with van der Waals surface area (Å²) >= 11 is 0. The Bertz CT molecular complexity index is 703. The van der Waals surface area contributed by atoms with Crippen LogP contribution in [0.15, 0.2) is 42.5 Å². The number of carbonyl (C=O) groups excluding carboxylic acids is 1. The minimum Gasteiger partial charge on any atom is -0.493 e. The molecule has 1 amide bonds. The summed E-state index contributed by atoms with van der Waals surface area (Å²) in [5, 5.41) is 0. The number of carbonyl (C=O) groups is 1. The molecule has 2 aromatic carbocycles. The van der Waals surface area contributed by atoms with Crippen LogP contribution >= 0.6 is 0 Å². The van der Waals surface area contributed by atoms with Gasteiger partial charge in [0.25, 0.3) is 0 Å². The highest BCUT2D eigenvalue weighted by molar-refractivity contribution is 5.93. The first-order valence-electron chi connectivity index (χ1n) is 7.78. The van der Waals surface area contributed by atoms with Gasteiger partial charge in [-0.2, -0.15) is 0 Å². The highest BCUT2D eigenvalue weighted by Gasteiger charge is 2.14. The van der Waals surface area contributed by atoms with E-state index in [1.54, 1.807) is 62.6 Å². The van der Waals surface area contributed by atoms with Crippen molar-refractivity contribution in [2.24, 2.45) is 0 Å². The molecule has 0 spiro atoms. The Hall–Kier alpha value is -2.56. The third kappa shape index (κ3) is 4.25. The molecule has 0 bridgehead atoms. The van der Waals surface area contributed by atoms with Crippen LogP contribution < -0.4 is 14.4 Å². The number of amides is 1. The van der Waals surface area contributed by atoms with Crippen LogP contribution in [0.1, 0.15) is 18.4 Å². The number of aryl methyl sites for hydroxylation is 1. The van der Waals surface area contributed by atoms with Gasteiger partial charge in [0, 0.05) is 25.2 Å². The van der Waals surface area contributed by atoms with Crippen molar-refractivity contribution in [2.75, 3.05) is 26.2 Å². The molecule has 2 aromatic rings. The van der Waals surface area contributed by atoms with E-state index < -0.39 is 0 Å². The van der Waals surface area contributed by atoms with E-state index in [1.165, 1.54) is 6.07 Å². The largest absolute Gasteiger partial charge is 0.493 e. The summed E-state index contributed by atoms with van der Waals surface area (Å²) < 4.78 is 24.0. The minimum atomic E-state index is -0.224. The summed E-state index contributed by atoms with van der Waals surface area (Å²) in [6.45, 7) is 0. The molecule has 0 radical (unpaired) electrons. The number of hydrogen-bond acceptors (Lipinski definition) is 3. The van der Waals surface area contributed by atoms with Gasteiger partial charge in [-0.25, -0.2) is 4.39 Å². The van der Waals surface area contributed by atoms with Crippen molar-refractivity contribution < 1.29 is 18.7 Å². The van der Waals surface area contributed by atoms with Gasteiger partial charge in [0.2, 0.25) is 5.91 Å². The number of benzene rings is 2. The van der Waals surface area contributed by atoms with E-state index in [9.17, 15) is 9.18 Å². The molecule has 5 heteroatoms.